The molecule has 0 radical (unpaired) electrons. The topological polar surface area (TPSA) is 40.5 Å². The van der Waals surface area contributed by atoms with Crippen LogP contribution in [0.3, 0.4) is 0 Å². The number of carbonyl (C=O) groups is 1. The molecule has 0 spiro atoms. The Bertz CT molecular complexity index is 465. The third-order valence-electron chi connectivity index (χ3n) is 3.86. The molecule has 3 nitrogen and oxygen atoms in total. The van der Waals surface area contributed by atoms with Crippen molar-refractivity contribution in [2.75, 3.05) is 13.1 Å². The summed E-state index contributed by atoms with van der Waals surface area (Å²) in [7, 11) is 0. The maximum absolute atomic E-state index is 12.4. The molecular weight excluding hydrogens is 262 g/mol. The average Bonchev–Trinajstić information content (AvgIpc) is 2.41. The van der Waals surface area contributed by atoms with E-state index in [2.05, 4.69) is 0 Å². The lowest BCUT2D eigenvalue weighted by Gasteiger charge is -2.33. The van der Waals surface area contributed by atoms with Gasteiger partial charge in [-0.1, -0.05) is 11.6 Å². The quantitative estimate of drug-likeness (QED) is 0.846. The highest BCUT2D eigenvalue weighted by Crippen LogP contribution is 2.26. The van der Waals surface area contributed by atoms with E-state index in [0.29, 0.717) is 24.6 Å². The van der Waals surface area contributed by atoms with E-state index in [1.807, 2.05) is 18.7 Å². The first-order valence-corrected chi connectivity index (χ1v) is 7.15. The molecule has 0 aliphatic carbocycles. The molecule has 1 atom stereocenters. The minimum atomic E-state index is -0.0816. The van der Waals surface area contributed by atoms with Gasteiger partial charge in [-0.15, -0.1) is 11.6 Å². The summed E-state index contributed by atoms with van der Waals surface area (Å²) < 4.78 is 0. The van der Waals surface area contributed by atoms with Crippen LogP contribution in [0.4, 0.5) is 0 Å². The van der Waals surface area contributed by atoms with Crippen LogP contribution in [-0.4, -0.2) is 34.4 Å². The number of phenols is 1. The molecule has 1 amide bonds. The molecule has 1 aliphatic rings. The van der Waals surface area contributed by atoms with Gasteiger partial charge < -0.3 is 10.0 Å². The van der Waals surface area contributed by atoms with Crippen molar-refractivity contribution in [2.45, 2.75) is 32.1 Å². The Morgan fingerprint density at radius 3 is 2.63 bits per heavy atom. The molecule has 19 heavy (non-hydrogen) atoms. The number of nitrogens with zero attached hydrogens (tertiary/aromatic N) is 1. The summed E-state index contributed by atoms with van der Waals surface area (Å²) in [6, 6.07) is 5.12. The van der Waals surface area contributed by atoms with Crippen LogP contribution in [0.1, 0.15) is 35.7 Å². The molecule has 1 N–H and O–H groups in total. The number of aromatic hydroxyl groups is 1. The number of hydrogen-bond acceptors (Lipinski definition) is 2. The number of alkyl halides is 1. The number of hydrogen-bond donors (Lipinski definition) is 1. The van der Waals surface area contributed by atoms with E-state index < -0.39 is 0 Å². The predicted octanol–water partition coefficient (Wildman–Crippen LogP) is 3.18. The van der Waals surface area contributed by atoms with Gasteiger partial charge in [0.15, 0.2) is 0 Å². The highest BCUT2D eigenvalue weighted by Gasteiger charge is 2.27. The van der Waals surface area contributed by atoms with Crippen LogP contribution in [0.5, 0.6) is 5.75 Å². The van der Waals surface area contributed by atoms with Crippen molar-refractivity contribution in [1.29, 1.82) is 0 Å². The van der Waals surface area contributed by atoms with Gasteiger partial charge in [-0.3, -0.25) is 4.79 Å². The number of benzene rings is 1. The number of piperidine rings is 1. The van der Waals surface area contributed by atoms with Crippen molar-refractivity contribution in [3.8, 4) is 5.75 Å². The van der Waals surface area contributed by atoms with Crippen LogP contribution in [0.2, 0.25) is 0 Å². The molecule has 104 valence electrons. The fourth-order valence-corrected chi connectivity index (χ4v) is 2.81. The SMILES string of the molecule is Cc1ccc(O)c(C(=O)N2CCC(C(C)Cl)CC2)c1. The number of carbonyl (C=O) groups excluding carboxylic acids is 1. The molecule has 0 bridgehead atoms. The third-order valence-corrected chi connectivity index (χ3v) is 4.22. The summed E-state index contributed by atoms with van der Waals surface area (Å²) in [5.74, 6) is 0.460. The van der Waals surface area contributed by atoms with Gasteiger partial charge in [0.25, 0.3) is 5.91 Å². The predicted molar refractivity (Wildman–Crippen MR) is 76.8 cm³/mol. The maximum atomic E-state index is 12.4. The second-order valence-electron chi connectivity index (χ2n) is 5.33. The number of phenolic OH excluding ortho intramolecular Hbond substituents is 1. The summed E-state index contributed by atoms with van der Waals surface area (Å²) >= 11 is 6.10. The van der Waals surface area contributed by atoms with Crippen molar-refractivity contribution in [3.63, 3.8) is 0 Å². The first-order chi connectivity index (χ1) is 8.99. The van der Waals surface area contributed by atoms with Crippen LogP contribution < -0.4 is 0 Å². The molecule has 1 unspecified atom stereocenters. The molecular formula is C15H20ClNO2. The molecule has 1 saturated heterocycles. The highest BCUT2D eigenvalue weighted by molar-refractivity contribution is 6.20. The smallest absolute Gasteiger partial charge is 0.257 e. The lowest BCUT2D eigenvalue weighted by atomic mass is 9.93. The molecule has 1 heterocycles. The fourth-order valence-electron chi connectivity index (χ4n) is 2.55. The molecule has 1 aromatic rings. The monoisotopic (exact) mass is 281 g/mol. The Labute approximate surface area is 119 Å². The zero-order valence-electron chi connectivity index (χ0n) is 11.4. The Hall–Kier alpha value is -1.22. The van der Waals surface area contributed by atoms with Gasteiger partial charge in [0.1, 0.15) is 5.75 Å². The standard InChI is InChI=1S/C15H20ClNO2/c1-10-3-4-14(18)13(9-10)15(19)17-7-5-12(6-8-17)11(2)16/h3-4,9,11-12,18H,5-8H2,1-2H3. The molecule has 0 aromatic heterocycles. The summed E-state index contributed by atoms with van der Waals surface area (Å²) in [6.07, 6.45) is 1.87. The van der Waals surface area contributed by atoms with Crippen LogP contribution in [0.15, 0.2) is 18.2 Å². The minimum absolute atomic E-state index is 0.0587. The van der Waals surface area contributed by atoms with Gasteiger partial charge in [-0.25, -0.2) is 0 Å². The summed E-state index contributed by atoms with van der Waals surface area (Å²) in [5, 5.41) is 9.96. The number of rotatable bonds is 2. The lowest BCUT2D eigenvalue weighted by molar-refractivity contribution is 0.0687. The van der Waals surface area contributed by atoms with E-state index in [-0.39, 0.29) is 17.0 Å². The molecule has 0 saturated carbocycles. The fraction of sp³-hybridized carbons (Fsp3) is 0.533. The number of aryl methyl sites for hydroxylation is 1. The second kappa shape index (κ2) is 5.83. The maximum Gasteiger partial charge on any atom is 0.257 e. The van der Waals surface area contributed by atoms with Crippen molar-refractivity contribution < 1.29 is 9.90 Å². The van der Waals surface area contributed by atoms with E-state index in [4.69, 9.17) is 11.6 Å². The third kappa shape index (κ3) is 3.21. The van der Waals surface area contributed by atoms with Gasteiger partial charge in [0.2, 0.25) is 0 Å². The Balaban J connectivity index is 2.07. The van der Waals surface area contributed by atoms with Gasteiger partial charge in [0.05, 0.1) is 5.56 Å². The van der Waals surface area contributed by atoms with E-state index in [1.54, 1.807) is 18.2 Å². The molecule has 2 rings (SSSR count). The highest BCUT2D eigenvalue weighted by atomic mass is 35.5. The van der Waals surface area contributed by atoms with E-state index in [1.165, 1.54) is 0 Å². The van der Waals surface area contributed by atoms with Crippen molar-refractivity contribution in [1.82, 2.24) is 4.90 Å². The van der Waals surface area contributed by atoms with E-state index in [0.717, 1.165) is 18.4 Å². The lowest BCUT2D eigenvalue weighted by Crippen LogP contribution is -2.40. The normalized spacial score (nSPS) is 18.4. The largest absolute Gasteiger partial charge is 0.507 e. The molecule has 1 aliphatic heterocycles. The molecule has 1 fully saturated rings. The van der Waals surface area contributed by atoms with Gasteiger partial charge in [-0.05, 0) is 44.7 Å². The Kier molecular flexibility index (Phi) is 4.35. The minimum Gasteiger partial charge on any atom is -0.507 e. The summed E-state index contributed by atoms with van der Waals surface area (Å²) in [4.78, 5) is 14.2. The van der Waals surface area contributed by atoms with Gasteiger partial charge in [0, 0.05) is 18.5 Å². The first kappa shape index (κ1) is 14.2. The second-order valence-corrected chi connectivity index (χ2v) is 6.02. The van der Waals surface area contributed by atoms with Crippen molar-refractivity contribution in [3.05, 3.63) is 29.3 Å². The number of amides is 1. The Morgan fingerprint density at radius 1 is 1.42 bits per heavy atom. The average molecular weight is 282 g/mol. The Morgan fingerprint density at radius 2 is 2.05 bits per heavy atom. The van der Waals surface area contributed by atoms with Crippen molar-refractivity contribution in [2.24, 2.45) is 5.92 Å². The molecule has 4 heteroatoms. The van der Waals surface area contributed by atoms with Crippen LogP contribution in [0.25, 0.3) is 0 Å². The summed E-state index contributed by atoms with van der Waals surface area (Å²) in [6.45, 7) is 5.36. The zero-order valence-corrected chi connectivity index (χ0v) is 12.2. The van der Waals surface area contributed by atoms with E-state index in [9.17, 15) is 9.90 Å². The first-order valence-electron chi connectivity index (χ1n) is 6.72. The molecule has 1 aromatic carbocycles. The van der Waals surface area contributed by atoms with Crippen LogP contribution in [-0.2, 0) is 0 Å². The van der Waals surface area contributed by atoms with Gasteiger partial charge in [-0.2, -0.15) is 0 Å². The van der Waals surface area contributed by atoms with E-state index >= 15 is 0 Å². The number of halogens is 1. The van der Waals surface area contributed by atoms with Crippen LogP contribution in [0, 0.1) is 12.8 Å². The van der Waals surface area contributed by atoms with Gasteiger partial charge >= 0.3 is 0 Å². The summed E-state index contributed by atoms with van der Waals surface area (Å²) in [5.41, 5.74) is 1.38. The number of likely N-dealkylation sites (tertiary alicyclic amines) is 1. The van der Waals surface area contributed by atoms with Crippen LogP contribution >= 0.6 is 11.6 Å². The van der Waals surface area contributed by atoms with Crippen molar-refractivity contribution >= 4 is 17.5 Å². The zero-order chi connectivity index (χ0) is 14.0.